The SMILES string of the molecule is CCC(C)SCC(N)Cc1ccc(Cl)c(Cl)c1. The molecule has 1 aromatic rings. The van der Waals surface area contributed by atoms with E-state index in [1.807, 2.05) is 30.0 Å². The summed E-state index contributed by atoms with van der Waals surface area (Å²) >= 11 is 13.8. The van der Waals surface area contributed by atoms with Crippen molar-refractivity contribution in [3.63, 3.8) is 0 Å². The molecule has 2 N–H and O–H groups in total. The topological polar surface area (TPSA) is 26.0 Å². The molecule has 1 rings (SSSR count). The Morgan fingerprint density at radius 3 is 2.59 bits per heavy atom. The number of nitrogens with two attached hydrogens (primary N) is 1. The van der Waals surface area contributed by atoms with E-state index in [2.05, 4.69) is 13.8 Å². The van der Waals surface area contributed by atoms with E-state index in [-0.39, 0.29) is 6.04 Å². The van der Waals surface area contributed by atoms with Gasteiger partial charge >= 0.3 is 0 Å². The summed E-state index contributed by atoms with van der Waals surface area (Å²) < 4.78 is 0. The minimum absolute atomic E-state index is 0.172. The van der Waals surface area contributed by atoms with Crippen LogP contribution >= 0.6 is 35.0 Å². The summed E-state index contributed by atoms with van der Waals surface area (Å²) in [7, 11) is 0. The molecule has 0 heterocycles. The summed E-state index contributed by atoms with van der Waals surface area (Å²) in [5.41, 5.74) is 7.25. The van der Waals surface area contributed by atoms with Gasteiger partial charge in [-0.15, -0.1) is 0 Å². The molecule has 0 radical (unpaired) electrons. The van der Waals surface area contributed by atoms with Crippen LogP contribution in [0.5, 0.6) is 0 Å². The van der Waals surface area contributed by atoms with E-state index in [9.17, 15) is 0 Å². The van der Waals surface area contributed by atoms with Gasteiger partial charge in [0.1, 0.15) is 0 Å². The van der Waals surface area contributed by atoms with Crippen molar-refractivity contribution >= 4 is 35.0 Å². The quantitative estimate of drug-likeness (QED) is 0.841. The zero-order valence-electron chi connectivity index (χ0n) is 10.2. The molecule has 0 aromatic heterocycles. The fourth-order valence-electron chi connectivity index (χ4n) is 1.43. The van der Waals surface area contributed by atoms with Crippen molar-refractivity contribution < 1.29 is 0 Å². The maximum atomic E-state index is 6.10. The van der Waals surface area contributed by atoms with E-state index in [1.165, 1.54) is 6.42 Å². The molecule has 1 aromatic carbocycles. The standard InChI is InChI=1S/C13H19Cl2NS/c1-3-9(2)17-8-11(16)6-10-4-5-12(14)13(15)7-10/h4-5,7,9,11H,3,6,8,16H2,1-2H3. The second kappa shape index (κ2) is 7.52. The molecule has 0 amide bonds. The minimum atomic E-state index is 0.172. The van der Waals surface area contributed by atoms with Crippen molar-refractivity contribution in [3.05, 3.63) is 33.8 Å². The minimum Gasteiger partial charge on any atom is -0.327 e. The number of halogens is 2. The number of thioether (sulfide) groups is 1. The van der Waals surface area contributed by atoms with E-state index in [0.717, 1.165) is 17.7 Å². The molecular formula is C13H19Cl2NS. The zero-order valence-corrected chi connectivity index (χ0v) is 12.6. The molecule has 1 nitrogen and oxygen atoms in total. The Balaban J connectivity index is 2.44. The van der Waals surface area contributed by atoms with Crippen LogP contribution in [0, 0.1) is 0 Å². The van der Waals surface area contributed by atoms with Crippen LogP contribution in [0.2, 0.25) is 10.0 Å². The smallest absolute Gasteiger partial charge is 0.0595 e. The third-order valence-corrected chi connectivity index (χ3v) is 4.91. The lowest BCUT2D eigenvalue weighted by molar-refractivity contribution is 0.745. The van der Waals surface area contributed by atoms with Gasteiger partial charge in [0, 0.05) is 17.0 Å². The molecule has 0 aliphatic rings. The first-order chi connectivity index (χ1) is 8.02. The zero-order chi connectivity index (χ0) is 12.8. The number of benzene rings is 1. The Labute approximate surface area is 118 Å². The van der Waals surface area contributed by atoms with Gasteiger partial charge in [-0.1, -0.05) is 43.1 Å². The fraction of sp³-hybridized carbons (Fsp3) is 0.538. The van der Waals surface area contributed by atoms with Gasteiger partial charge < -0.3 is 5.73 Å². The second-order valence-corrected chi connectivity index (χ2v) is 6.55. The molecule has 2 atom stereocenters. The molecule has 17 heavy (non-hydrogen) atoms. The number of rotatable bonds is 6. The Morgan fingerprint density at radius 2 is 2.00 bits per heavy atom. The molecule has 0 saturated heterocycles. The summed E-state index contributed by atoms with van der Waals surface area (Å²) in [5, 5.41) is 1.87. The average molecular weight is 292 g/mol. The van der Waals surface area contributed by atoms with Gasteiger partial charge in [0.05, 0.1) is 10.0 Å². The van der Waals surface area contributed by atoms with E-state index < -0.39 is 0 Å². The lowest BCUT2D eigenvalue weighted by Crippen LogP contribution is -2.26. The second-order valence-electron chi connectivity index (χ2n) is 4.26. The maximum Gasteiger partial charge on any atom is 0.0595 e. The molecule has 2 unspecified atom stereocenters. The summed E-state index contributed by atoms with van der Waals surface area (Å²) in [6.45, 7) is 4.43. The highest BCUT2D eigenvalue weighted by molar-refractivity contribution is 7.99. The molecular weight excluding hydrogens is 273 g/mol. The highest BCUT2D eigenvalue weighted by Gasteiger charge is 2.08. The van der Waals surface area contributed by atoms with Crippen LogP contribution in [0.15, 0.2) is 18.2 Å². The first-order valence-corrected chi connectivity index (χ1v) is 7.64. The van der Waals surface area contributed by atoms with Crippen molar-refractivity contribution in [1.82, 2.24) is 0 Å². The molecule has 0 bridgehead atoms. The number of hydrogen-bond donors (Lipinski definition) is 1. The fourth-order valence-corrected chi connectivity index (χ4v) is 2.68. The Hall–Kier alpha value is 0.110. The van der Waals surface area contributed by atoms with Gasteiger partial charge in [-0.25, -0.2) is 0 Å². The summed E-state index contributed by atoms with van der Waals surface area (Å²) in [4.78, 5) is 0. The third-order valence-electron chi connectivity index (χ3n) is 2.65. The van der Waals surface area contributed by atoms with E-state index in [1.54, 1.807) is 0 Å². The van der Waals surface area contributed by atoms with Crippen LogP contribution in [0.25, 0.3) is 0 Å². The van der Waals surface area contributed by atoms with E-state index in [4.69, 9.17) is 28.9 Å². The molecule has 4 heteroatoms. The molecule has 96 valence electrons. The predicted octanol–water partition coefficient (Wildman–Crippen LogP) is 4.39. The van der Waals surface area contributed by atoms with Crippen LogP contribution in [0.1, 0.15) is 25.8 Å². The average Bonchev–Trinajstić information content (AvgIpc) is 2.31. The maximum absolute atomic E-state index is 6.10. The van der Waals surface area contributed by atoms with Gasteiger partial charge in [0.2, 0.25) is 0 Å². The molecule has 0 aliphatic carbocycles. The van der Waals surface area contributed by atoms with Gasteiger partial charge in [0.15, 0.2) is 0 Å². The molecule has 0 saturated carbocycles. The largest absolute Gasteiger partial charge is 0.327 e. The monoisotopic (exact) mass is 291 g/mol. The van der Waals surface area contributed by atoms with Crippen LogP contribution in [0.3, 0.4) is 0 Å². The van der Waals surface area contributed by atoms with Crippen molar-refractivity contribution in [2.45, 2.75) is 38.0 Å². The van der Waals surface area contributed by atoms with Crippen LogP contribution in [0.4, 0.5) is 0 Å². The van der Waals surface area contributed by atoms with Crippen LogP contribution in [-0.2, 0) is 6.42 Å². The van der Waals surface area contributed by atoms with Gasteiger partial charge in [0.25, 0.3) is 0 Å². The van der Waals surface area contributed by atoms with Gasteiger partial charge in [-0.05, 0) is 30.5 Å². The number of hydrogen-bond acceptors (Lipinski definition) is 2. The van der Waals surface area contributed by atoms with Crippen LogP contribution in [-0.4, -0.2) is 17.0 Å². The van der Waals surface area contributed by atoms with Crippen molar-refractivity contribution in [2.75, 3.05) is 5.75 Å². The van der Waals surface area contributed by atoms with Crippen LogP contribution < -0.4 is 5.73 Å². The summed E-state index contributed by atoms with van der Waals surface area (Å²) in [5.74, 6) is 0.981. The van der Waals surface area contributed by atoms with E-state index >= 15 is 0 Å². The van der Waals surface area contributed by atoms with E-state index in [0.29, 0.717) is 15.3 Å². The van der Waals surface area contributed by atoms with Crippen molar-refractivity contribution in [2.24, 2.45) is 5.73 Å². The Morgan fingerprint density at radius 1 is 1.29 bits per heavy atom. The lowest BCUT2D eigenvalue weighted by Gasteiger charge is -2.14. The Kier molecular flexibility index (Phi) is 6.71. The first kappa shape index (κ1) is 15.2. The lowest BCUT2D eigenvalue weighted by atomic mass is 10.1. The molecule has 0 aliphatic heterocycles. The molecule has 0 fully saturated rings. The predicted molar refractivity (Wildman–Crippen MR) is 80.4 cm³/mol. The van der Waals surface area contributed by atoms with Crippen molar-refractivity contribution in [1.29, 1.82) is 0 Å². The first-order valence-electron chi connectivity index (χ1n) is 5.84. The third kappa shape index (κ3) is 5.52. The van der Waals surface area contributed by atoms with Gasteiger partial charge in [-0.2, -0.15) is 11.8 Å². The van der Waals surface area contributed by atoms with Crippen molar-refractivity contribution in [3.8, 4) is 0 Å². The highest BCUT2D eigenvalue weighted by Crippen LogP contribution is 2.23. The van der Waals surface area contributed by atoms with Gasteiger partial charge in [-0.3, -0.25) is 0 Å². The Bertz CT molecular complexity index is 357. The summed E-state index contributed by atoms with van der Waals surface area (Å²) in [6, 6.07) is 5.89. The molecule has 0 spiro atoms. The highest BCUT2D eigenvalue weighted by atomic mass is 35.5. The normalized spacial score (nSPS) is 14.6. The summed E-state index contributed by atoms with van der Waals surface area (Å²) in [6.07, 6.45) is 2.03.